The third kappa shape index (κ3) is 4.81. The van der Waals surface area contributed by atoms with Crippen molar-refractivity contribution in [3.05, 3.63) is 78.4 Å². The fraction of sp³-hybridized carbons (Fsp3) is 0.259. The first-order valence-corrected chi connectivity index (χ1v) is 11.4. The lowest BCUT2D eigenvalue weighted by molar-refractivity contribution is -0.118. The maximum absolute atomic E-state index is 12.8. The second-order valence-corrected chi connectivity index (χ2v) is 8.64. The molecule has 2 bridgehead atoms. The highest BCUT2D eigenvalue weighted by Crippen LogP contribution is 2.30. The molecule has 3 aromatic carbocycles. The molecule has 0 radical (unpaired) electrons. The topological polar surface area (TPSA) is 79.9 Å². The molecule has 2 amide bonds. The number of ether oxygens (including phenoxy) is 2. The van der Waals surface area contributed by atoms with Crippen molar-refractivity contribution in [2.45, 2.75) is 18.6 Å². The Kier molecular flexibility index (Phi) is 6.29. The van der Waals surface area contributed by atoms with E-state index in [2.05, 4.69) is 15.5 Å². The van der Waals surface area contributed by atoms with Gasteiger partial charge in [-0.1, -0.05) is 42.5 Å². The zero-order valence-electron chi connectivity index (χ0n) is 19.0. The molecule has 7 nitrogen and oxygen atoms in total. The predicted octanol–water partition coefficient (Wildman–Crippen LogP) is 4.03. The molecule has 34 heavy (non-hydrogen) atoms. The summed E-state index contributed by atoms with van der Waals surface area (Å²) < 4.78 is 11.0. The molecule has 2 atom stereocenters. The Morgan fingerprint density at radius 3 is 2.44 bits per heavy atom. The van der Waals surface area contributed by atoms with Crippen molar-refractivity contribution in [2.75, 3.05) is 37.4 Å². The number of carbonyl (C=O) groups is 2. The van der Waals surface area contributed by atoms with Crippen LogP contribution in [-0.2, 0) is 9.53 Å². The van der Waals surface area contributed by atoms with E-state index in [4.69, 9.17) is 9.47 Å². The number of likely N-dealkylation sites (tertiary alicyclic amines) is 1. The molecule has 2 heterocycles. The van der Waals surface area contributed by atoms with Gasteiger partial charge in [-0.2, -0.15) is 0 Å². The molecule has 7 heteroatoms. The van der Waals surface area contributed by atoms with Crippen LogP contribution in [0.4, 0.5) is 11.4 Å². The molecule has 2 N–H and O–H groups in total. The van der Waals surface area contributed by atoms with E-state index in [9.17, 15) is 9.59 Å². The van der Waals surface area contributed by atoms with Gasteiger partial charge in [0.15, 0.2) is 0 Å². The summed E-state index contributed by atoms with van der Waals surface area (Å²) in [5.41, 5.74) is 3.78. The van der Waals surface area contributed by atoms with E-state index in [0.29, 0.717) is 41.9 Å². The van der Waals surface area contributed by atoms with E-state index in [-0.39, 0.29) is 17.9 Å². The number of benzene rings is 3. The Hall–Kier alpha value is -3.68. The fourth-order valence-corrected chi connectivity index (χ4v) is 4.58. The Bertz CT molecular complexity index is 1180. The summed E-state index contributed by atoms with van der Waals surface area (Å²) in [5.74, 6) is 0.186. The highest BCUT2D eigenvalue weighted by molar-refractivity contribution is 6.05. The fourth-order valence-electron chi connectivity index (χ4n) is 4.58. The quantitative estimate of drug-likeness (QED) is 0.560. The van der Waals surface area contributed by atoms with Crippen LogP contribution in [0.5, 0.6) is 5.75 Å². The lowest BCUT2D eigenvalue weighted by Gasteiger charge is -2.26. The molecule has 2 aliphatic heterocycles. The van der Waals surface area contributed by atoms with Crippen LogP contribution in [0.1, 0.15) is 16.8 Å². The number of hydrogen-bond acceptors (Lipinski definition) is 5. The molecule has 0 aromatic heterocycles. The van der Waals surface area contributed by atoms with E-state index in [1.54, 1.807) is 37.4 Å². The molecule has 3 aromatic rings. The van der Waals surface area contributed by atoms with Crippen LogP contribution in [0.25, 0.3) is 11.1 Å². The van der Waals surface area contributed by atoms with Crippen molar-refractivity contribution in [1.82, 2.24) is 4.90 Å². The molecule has 0 aliphatic carbocycles. The Balaban J connectivity index is 1.24. The van der Waals surface area contributed by atoms with E-state index >= 15 is 0 Å². The minimum Gasteiger partial charge on any atom is -0.495 e. The molecule has 174 valence electrons. The molecule has 2 fully saturated rings. The summed E-state index contributed by atoms with van der Waals surface area (Å²) in [7, 11) is 1.55. The van der Waals surface area contributed by atoms with Crippen LogP contribution in [0.15, 0.2) is 72.8 Å². The highest BCUT2D eigenvalue weighted by Gasteiger charge is 2.39. The number of carbonyl (C=O) groups excluding carboxylic acids is 2. The zero-order valence-corrected chi connectivity index (χ0v) is 19.0. The van der Waals surface area contributed by atoms with E-state index in [1.807, 2.05) is 42.5 Å². The lowest BCUT2D eigenvalue weighted by atomic mass is 10.0. The van der Waals surface area contributed by atoms with Gasteiger partial charge < -0.3 is 20.1 Å². The minimum atomic E-state index is -0.227. The molecule has 0 saturated carbocycles. The number of methoxy groups -OCH3 is 1. The summed E-state index contributed by atoms with van der Waals surface area (Å²) in [6, 6.07) is 23.0. The zero-order chi connectivity index (χ0) is 23.5. The first kappa shape index (κ1) is 22.1. The van der Waals surface area contributed by atoms with Crippen LogP contribution < -0.4 is 15.4 Å². The van der Waals surface area contributed by atoms with Crippen molar-refractivity contribution >= 4 is 23.2 Å². The van der Waals surface area contributed by atoms with Crippen LogP contribution >= 0.6 is 0 Å². The van der Waals surface area contributed by atoms with E-state index in [1.165, 1.54) is 0 Å². The first-order chi connectivity index (χ1) is 16.6. The summed E-state index contributed by atoms with van der Waals surface area (Å²) in [6.07, 6.45) is 1.23. The van der Waals surface area contributed by atoms with Crippen molar-refractivity contribution < 1.29 is 19.1 Å². The van der Waals surface area contributed by atoms with Gasteiger partial charge in [0.2, 0.25) is 5.91 Å². The molecular weight excluding hydrogens is 430 g/mol. The molecule has 0 spiro atoms. The number of fused-ring (bicyclic) bond motifs is 2. The third-order valence-corrected chi connectivity index (χ3v) is 6.35. The maximum atomic E-state index is 12.8. The molecular formula is C27H27N3O4. The van der Waals surface area contributed by atoms with Gasteiger partial charge >= 0.3 is 0 Å². The number of nitrogens with one attached hydrogen (secondary N) is 2. The Morgan fingerprint density at radius 1 is 1.00 bits per heavy atom. The van der Waals surface area contributed by atoms with Crippen molar-refractivity contribution in [2.24, 2.45) is 0 Å². The summed E-state index contributed by atoms with van der Waals surface area (Å²) >= 11 is 0. The van der Waals surface area contributed by atoms with Gasteiger partial charge in [0.25, 0.3) is 5.91 Å². The van der Waals surface area contributed by atoms with Gasteiger partial charge in [0.05, 0.1) is 32.1 Å². The van der Waals surface area contributed by atoms with Crippen LogP contribution in [0.2, 0.25) is 0 Å². The lowest BCUT2D eigenvalue weighted by Crippen LogP contribution is -2.41. The number of anilines is 2. The van der Waals surface area contributed by atoms with Crippen LogP contribution in [0, 0.1) is 0 Å². The normalized spacial score (nSPS) is 19.1. The summed E-state index contributed by atoms with van der Waals surface area (Å²) in [6.45, 7) is 1.78. The van der Waals surface area contributed by atoms with E-state index < -0.39 is 0 Å². The molecule has 2 saturated heterocycles. The summed E-state index contributed by atoms with van der Waals surface area (Å²) in [4.78, 5) is 27.6. The van der Waals surface area contributed by atoms with Gasteiger partial charge in [0.1, 0.15) is 5.75 Å². The number of amides is 2. The summed E-state index contributed by atoms with van der Waals surface area (Å²) in [5, 5.41) is 5.83. The monoisotopic (exact) mass is 457 g/mol. The van der Waals surface area contributed by atoms with Gasteiger partial charge in [-0.05, 0) is 47.9 Å². The maximum Gasteiger partial charge on any atom is 0.255 e. The minimum absolute atomic E-state index is 0.120. The first-order valence-electron chi connectivity index (χ1n) is 11.4. The SMILES string of the molecule is COc1ccc(NC(=O)c2ccc(-c3ccccc3)cc2)cc1NC(=O)CN1CC2C[C@@H]1CO2. The number of hydrogen-bond donors (Lipinski definition) is 2. The van der Waals surface area contributed by atoms with Gasteiger partial charge in [-0.15, -0.1) is 0 Å². The number of morpholine rings is 1. The standard InChI is InChI=1S/C27H27N3O4/c1-33-25-12-11-21(13-24(25)29-26(31)16-30-15-23-14-22(30)17-34-23)28-27(32)20-9-7-19(8-10-20)18-5-3-2-4-6-18/h2-13,22-23H,14-17H2,1H3,(H,28,32)(H,29,31)/t22-,23?/m1/s1. The second-order valence-electron chi connectivity index (χ2n) is 8.64. The average molecular weight is 458 g/mol. The third-order valence-electron chi connectivity index (χ3n) is 6.35. The van der Waals surface area contributed by atoms with Crippen molar-refractivity contribution in [1.29, 1.82) is 0 Å². The molecule has 2 aliphatic rings. The molecule has 1 unspecified atom stereocenters. The number of nitrogens with zero attached hydrogens (tertiary/aromatic N) is 1. The van der Waals surface area contributed by atoms with Crippen molar-refractivity contribution in [3.8, 4) is 16.9 Å². The van der Waals surface area contributed by atoms with E-state index in [0.717, 1.165) is 24.1 Å². The number of rotatable bonds is 7. The van der Waals surface area contributed by atoms with Gasteiger partial charge in [0, 0.05) is 23.8 Å². The Labute approximate surface area is 198 Å². The second kappa shape index (κ2) is 9.67. The largest absolute Gasteiger partial charge is 0.495 e. The van der Waals surface area contributed by atoms with Gasteiger partial charge in [-0.3, -0.25) is 14.5 Å². The predicted molar refractivity (Wildman–Crippen MR) is 131 cm³/mol. The average Bonchev–Trinajstić information content (AvgIpc) is 3.48. The smallest absolute Gasteiger partial charge is 0.255 e. The Morgan fingerprint density at radius 2 is 1.76 bits per heavy atom. The van der Waals surface area contributed by atoms with Gasteiger partial charge in [-0.25, -0.2) is 0 Å². The van der Waals surface area contributed by atoms with Crippen LogP contribution in [-0.4, -0.2) is 55.7 Å². The van der Waals surface area contributed by atoms with Crippen LogP contribution in [0.3, 0.4) is 0 Å². The molecule has 5 rings (SSSR count). The van der Waals surface area contributed by atoms with Crippen molar-refractivity contribution in [3.63, 3.8) is 0 Å². The highest BCUT2D eigenvalue weighted by atomic mass is 16.5.